The fourth-order valence-electron chi connectivity index (χ4n) is 3.40. The van der Waals surface area contributed by atoms with Gasteiger partial charge in [-0.05, 0) is 36.8 Å². The Kier molecular flexibility index (Phi) is 5.42. The molecule has 0 unspecified atom stereocenters. The van der Waals surface area contributed by atoms with E-state index in [1.807, 2.05) is 34.9 Å². The number of hydrogen-bond acceptors (Lipinski definition) is 6. The van der Waals surface area contributed by atoms with Crippen molar-refractivity contribution < 1.29 is 14.6 Å². The maximum absolute atomic E-state index is 11.8. The Labute approximate surface area is 172 Å². The van der Waals surface area contributed by atoms with Crippen molar-refractivity contribution in [2.24, 2.45) is 4.99 Å². The zero-order valence-corrected chi connectivity index (χ0v) is 16.5. The number of esters is 1. The molecule has 0 saturated carbocycles. The van der Waals surface area contributed by atoms with Crippen molar-refractivity contribution in [2.45, 2.75) is 25.5 Å². The Balaban J connectivity index is 1.92. The van der Waals surface area contributed by atoms with Gasteiger partial charge in [-0.3, -0.25) is 14.8 Å². The lowest BCUT2D eigenvalue weighted by atomic mass is 10.0. The number of aliphatic hydroxyl groups is 1. The molecule has 4 rings (SSSR count). The molecule has 1 atom stereocenters. The van der Waals surface area contributed by atoms with Crippen molar-refractivity contribution in [1.29, 1.82) is 0 Å². The molecule has 0 spiro atoms. The molecule has 0 bridgehead atoms. The van der Waals surface area contributed by atoms with Crippen LogP contribution in [-0.4, -0.2) is 38.4 Å². The SMILES string of the molecule is COC(=O)CC[C@@H]1N=C(c2ccccn2)c2cc(Cl)ccc2-n2cc(CO)nc21. The minimum Gasteiger partial charge on any atom is -0.469 e. The lowest BCUT2D eigenvalue weighted by molar-refractivity contribution is -0.140. The van der Waals surface area contributed by atoms with Gasteiger partial charge in [0.15, 0.2) is 0 Å². The lowest BCUT2D eigenvalue weighted by Gasteiger charge is -2.12. The second-order valence-corrected chi connectivity index (χ2v) is 7.04. The Morgan fingerprint density at radius 2 is 2.17 bits per heavy atom. The molecule has 148 valence electrons. The van der Waals surface area contributed by atoms with E-state index in [1.165, 1.54) is 7.11 Å². The molecule has 0 fully saturated rings. The number of fused-ring (bicyclic) bond motifs is 3. The van der Waals surface area contributed by atoms with Gasteiger partial charge in [-0.25, -0.2) is 4.98 Å². The van der Waals surface area contributed by atoms with Gasteiger partial charge in [0.2, 0.25) is 0 Å². The maximum Gasteiger partial charge on any atom is 0.305 e. The van der Waals surface area contributed by atoms with Crippen LogP contribution < -0.4 is 0 Å². The molecule has 0 amide bonds. The van der Waals surface area contributed by atoms with E-state index in [1.54, 1.807) is 18.5 Å². The van der Waals surface area contributed by atoms with E-state index >= 15 is 0 Å². The second-order valence-electron chi connectivity index (χ2n) is 6.60. The van der Waals surface area contributed by atoms with Crippen molar-refractivity contribution in [2.75, 3.05) is 7.11 Å². The summed E-state index contributed by atoms with van der Waals surface area (Å²) in [6, 6.07) is 10.7. The van der Waals surface area contributed by atoms with Crippen LogP contribution in [0.3, 0.4) is 0 Å². The van der Waals surface area contributed by atoms with E-state index in [-0.39, 0.29) is 19.0 Å². The van der Waals surface area contributed by atoms with Crippen LogP contribution in [0.25, 0.3) is 5.69 Å². The van der Waals surface area contributed by atoms with Gasteiger partial charge >= 0.3 is 5.97 Å². The molecular weight excluding hydrogens is 392 g/mol. The van der Waals surface area contributed by atoms with Crippen molar-refractivity contribution >= 4 is 23.3 Å². The Hall–Kier alpha value is -3.03. The smallest absolute Gasteiger partial charge is 0.305 e. The van der Waals surface area contributed by atoms with E-state index in [4.69, 9.17) is 21.3 Å². The topological polar surface area (TPSA) is 89.6 Å². The average Bonchev–Trinajstić information content (AvgIpc) is 3.13. The summed E-state index contributed by atoms with van der Waals surface area (Å²) in [5, 5.41) is 10.2. The molecule has 1 aromatic carbocycles. The van der Waals surface area contributed by atoms with E-state index in [9.17, 15) is 9.90 Å². The molecule has 1 N–H and O–H groups in total. The Morgan fingerprint density at radius 1 is 1.31 bits per heavy atom. The molecule has 29 heavy (non-hydrogen) atoms. The van der Waals surface area contributed by atoms with Gasteiger partial charge in [-0.1, -0.05) is 17.7 Å². The number of carbonyl (C=O) groups excluding carboxylic acids is 1. The fraction of sp³-hybridized carbons (Fsp3) is 0.238. The lowest BCUT2D eigenvalue weighted by Crippen LogP contribution is -2.09. The molecule has 1 aliphatic rings. The van der Waals surface area contributed by atoms with E-state index in [0.717, 1.165) is 11.3 Å². The zero-order chi connectivity index (χ0) is 20.4. The number of rotatable bonds is 5. The molecule has 0 saturated heterocycles. The maximum atomic E-state index is 11.8. The molecule has 8 heteroatoms. The summed E-state index contributed by atoms with van der Waals surface area (Å²) < 4.78 is 6.69. The normalized spacial score (nSPS) is 15.1. The highest BCUT2D eigenvalue weighted by molar-refractivity contribution is 6.31. The van der Waals surface area contributed by atoms with Crippen molar-refractivity contribution in [1.82, 2.24) is 14.5 Å². The van der Waals surface area contributed by atoms with Gasteiger partial charge in [-0.15, -0.1) is 0 Å². The first kappa shape index (κ1) is 19.3. The summed E-state index contributed by atoms with van der Waals surface area (Å²) >= 11 is 6.30. The number of aliphatic hydroxyl groups excluding tert-OH is 1. The second kappa shape index (κ2) is 8.14. The first-order valence-corrected chi connectivity index (χ1v) is 9.54. The molecular formula is C21H19ClN4O3. The van der Waals surface area contributed by atoms with Gasteiger partial charge in [0, 0.05) is 29.4 Å². The number of ether oxygens (including phenoxy) is 1. The molecule has 3 aromatic rings. The van der Waals surface area contributed by atoms with Gasteiger partial charge in [-0.2, -0.15) is 0 Å². The van der Waals surface area contributed by atoms with Gasteiger partial charge in [0.05, 0.1) is 36.5 Å². The third-order valence-electron chi connectivity index (χ3n) is 4.76. The molecule has 0 aliphatic carbocycles. The summed E-state index contributed by atoms with van der Waals surface area (Å²) in [5.74, 6) is 0.331. The number of aliphatic imine (C=N–C) groups is 1. The summed E-state index contributed by atoms with van der Waals surface area (Å²) in [6.07, 6.45) is 4.09. The Morgan fingerprint density at radius 3 is 2.90 bits per heavy atom. The van der Waals surface area contributed by atoms with E-state index in [0.29, 0.717) is 34.4 Å². The summed E-state index contributed by atoms with van der Waals surface area (Å²) in [6.45, 7) is -0.191. The van der Waals surface area contributed by atoms with Crippen LogP contribution in [0, 0.1) is 0 Å². The average molecular weight is 411 g/mol. The van der Waals surface area contributed by atoms with Crippen LogP contribution in [-0.2, 0) is 16.1 Å². The third-order valence-corrected chi connectivity index (χ3v) is 4.99. The third kappa shape index (κ3) is 3.79. The molecule has 1 aliphatic heterocycles. The number of halogens is 1. The minimum absolute atomic E-state index is 0.191. The zero-order valence-electron chi connectivity index (χ0n) is 15.7. The van der Waals surface area contributed by atoms with Crippen molar-refractivity contribution in [3.8, 4) is 5.69 Å². The molecule has 0 radical (unpaired) electrons. The number of hydrogen-bond donors (Lipinski definition) is 1. The summed E-state index contributed by atoms with van der Waals surface area (Å²) in [5.41, 5.74) is 3.54. The molecule has 3 heterocycles. The molecule has 7 nitrogen and oxygen atoms in total. The van der Waals surface area contributed by atoms with Crippen molar-refractivity contribution in [3.63, 3.8) is 0 Å². The quantitative estimate of drug-likeness (QED) is 0.652. The van der Waals surface area contributed by atoms with Crippen LogP contribution in [0.2, 0.25) is 5.02 Å². The number of imidazole rings is 1. The van der Waals surface area contributed by atoms with E-state index in [2.05, 4.69) is 9.97 Å². The number of methoxy groups -OCH3 is 1. The summed E-state index contributed by atoms with van der Waals surface area (Å²) in [7, 11) is 1.36. The highest BCUT2D eigenvalue weighted by Crippen LogP contribution is 2.34. The first-order valence-electron chi connectivity index (χ1n) is 9.16. The van der Waals surface area contributed by atoms with Gasteiger partial charge < -0.3 is 14.4 Å². The van der Waals surface area contributed by atoms with Crippen LogP contribution in [0.5, 0.6) is 0 Å². The number of nitrogens with zero attached hydrogens (tertiary/aromatic N) is 4. The number of benzene rings is 1. The van der Waals surface area contributed by atoms with Crippen LogP contribution in [0.15, 0.2) is 53.8 Å². The number of aromatic nitrogens is 3. The van der Waals surface area contributed by atoms with Crippen LogP contribution >= 0.6 is 11.6 Å². The molecule has 2 aromatic heterocycles. The Bertz CT molecular complexity index is 1080. The highest BCUT2D eigenvalue weighted by Gasteiger charge is 2.28. The minimum atomic E-state index is -0.419. The monoisotopic (exact) mass is 410 g/mol. The fourth-order valence-corrected chi connectivity index (χ4v) is 3.57. The van der Waals surface area contributed by atoms with Gasteiger partial charge in [0.25, 0.3) is 0 Å². The predicted octanol–water partition coefficient (Wildman–Crippen LogP) is 3.26. The number of pyridine rings is 1. The largest absolute Gasteiger partial charge is 0.469 e. The highest BCUT2D eigenvalue weighted by atomic mass is 35.5. The van der Waals surface area contributed by atoms with Gasteiger partial charge in [0.1, 0.15) is 11.9 Å². The van der Waals surface area contributed by atoms with Crippen molar-refractivity contribution in [3.05, 3.63) is 76.6 Å². The predicted molar refractivity (Wildman–Crippen MR) is 108 cm³/mol. The standard InChI is InChI=1S/C21H19ClN4O3/c1-29-19(28)8-6-17-21-24-14(12-27)11-26(21)18-7-5-13(22)10-15(18)20(25-17)16-4-2-3-9-23-16/h2-5,7,9-11,17,27H,6,8,12H2,1H3/t17-/m0/s1. The summed E-state index contributed by atoms with van der Waals surface area (Å²) in [4.78, 5) is 25.7. The van der Waals surface area contributed by atoms with E-state index < -0.39 is 6.04 Å². The number of carbonyl (C=O) groups is 1. The van der Waals surface area contributed by atoms with Crippen LogP contribution in [0.4, 0.5) is 0 Å². The van der Waals surface area contributed by atoms with Crippen LogP contribution in [0.1, 0.15) is 41.7 Å². The first-order chi connectivity index (χ1) is 14.1.